The first kappa shape index (κ1) is 8.99. The molecule has 1 fully saturated rings. The lowest BCUT2D eigenvalue weighted by Crippen LogP contribution is -2.27. The van der Waals surface area contributed by atoms with E-state index in [4.69, 9.17) is 0 Å². The predicted octanol–water partition coefficient (Wildman–Crippen LogP) is 0.266. The van der Waals surface area contributed by atoms with Crippen LogP contribution in [0.25, 0.3) is 0 Å². The molecule has 1 saturated heterocycles. The van der Waals surface area contributed by atoms with Crippen LogP contribution >= 0.6 is 0 Å². The van der Waals surface area contributed by atoms with E-state index < -0.39 is 0 Å². The van der Waals surface area contributed by atoms with Crippen LogP contribution in [0.4, 0.5) is 0 Å². The first-order valence-corrected chi connectivity index (χ1v) is 4.62. The number of aromatic nitrogens is 1. The lowest BCUT2D eigenvalue weighted by Gasteiger charge is -2.09. The summed E-state index contributed by atoms with van der Waals surface area (Å²) < 4.78 is 0.737. The lowest BCUT2D eigenvalue weighted by atomic mass is 10.00. The minimum absolute atomic E-state index is 0.108. The standard InChI is InChI=1S/C10H12N2O2/c1-11-6-4-9(10(11)13)8-3-2-5-12(14)7-8/h2-3,5,7,9H,4,6H2,1H3/t9-/m0/s1. The molecule has 0 radical (unpaired) electrons. The smallest absolute Gasteiger partial charge is 0.230 e. The molecule has 0 spiro atoms. The molecule has 0 N–H and O–H groups in total. The quantitative estimate of drug-likeness (QED) is 0.473. The number of carbonyl (C=O) groups excluding carboxylic acids is 1. The van der Waals surface area contributed by atoms with E-state index in [1.807, 2.05) is 6.07 Å². The summed E-state index contributed by atoms with van der Waals surface area (Å²) in [7, 11) is 1.79. The Morgan fingerprint density at radius 3 is 3.00 bits per heavy atom. The Morgan fingerprint density at radius 1 is 1.64 bits per heavy atom. The molecular formula is C10H12N2O2. The normalized spacial score (nSPS) is 21.6. The van der Waals surface area contributed by atoms with E-state index in [-0.39, 0.29) is 11.8 Å². The van der Waals surface area contributed by atoms with E-state index in [1.165, 1.54) is 12.4 Å². The van der Waals surface area contributed by atoms with E-state index in [1.54, 1.807) is 18.0 Å². The molecule has 1 amide bonds. The predicted molar refractivity (Wildman–Crippen MR) is 50.4 cm³/mol. The van der Waals surface area contributed by atoms with Gasteiger partial charge < -0.3 is 10.1 Å². The van der Waals surface area contributed by atoms with Crippen LogP contribution in [-0.2, 0) is 4.79 Å². The molecule has 1 aliphatic heterocycles. The van der Waals surface area contributed by atoms with Crippen LogP contribution in [0.2, 0.25) is 0 Å². The number of carbonyl (C=O) groups is 1. The van der Waals surface area contributed by atoms with E-state index in [0.717, 1.165) is 23.3 Å². The van der Waals surface area contributed by atoms with Crippen molar-refractivity contribution in [1.82, 2.24) is 4.90 Å². The Balaban J connectivity index is 2.28. The third-order valence-corrected chi connectivity index (χ3v) is 2.63. The maximum Gasteiger partial charge on any atom is 0.230 e. The zero-order chi connectivity index (χ0) is 10.1. The molecule has 0 saturated carbocycles. The summed E-state index contributed by atoms with van der Waals surface area (Å²) in [6.07, 6.45) is 3.70. The number of rotatable bonds is 1. The fourth-order valence-corrected chi connectivity index (χ4v) is 1.81. The van der Waals surface area contributed by atoms with Crippen LogP contribution in [-0.4, -0.2) is 24.4 Å². The molecule has 1 aromatic rings. The van der Waals surface area contributed by atoms with Crippen molar-refractivity contribution in [2.45, 2.75) is 12.3 Å². The average molecular weight is 192 g/mol. The van der Waals surface area contributed by atoms with Crippen molar-refractivity contribution < 1.29 is 9.52 Å². The van der Waals surface area contributed by atoms with Gasteiger partial charge in [0.05, 0.1) is 5.92 Å². The van der Waals surface area contributed by atoms with Gasteiger partial charge in [0.2, 0.25) is 5.91 Å². The van der Waals surface area contributed by atoms with Crippen LogP contribution in [0.15, 0.2) is 24.5 Å². The zero-order valence-electron chi connectivity index (χ0n) is 8.01. The summed E-state index contributed by atoms with van der Waals surface area (Å²) in [6, 6.07) is 3.50. The molecular weight excluding hydrogens is 180 g/mol. The van der Waals surface area contributed by atoms with Crippen molar-refractivity contribution in [2.75, 3.05) is 13.6 Å². The van der Waals surface area contributed by atoms with Crippen molar-refractivity contribution in [1.29, 1.82) is 0 Å². The molecule has 0 aliphatic carbocycles. The Morgan fingerprint density at radius 2 is 2.43 bits per heavy atom. The number of amides is 1. The highest BCUT2D eigenvalue weighted by Gasteiger charge is 2.31. The van der Waals surface area contributed by atoms with Crippen molar-refractivity contribution >= 4 is 5.91 Å². The second-order valence-corrected chi connectivity index (χ2v) is 3.60. The van der Waals surface area contributed by atoms with Crippen LogP contribution in [0.5, 0.6) is 0 Å². The van der Waals surface area contributed by atoms with E-state index >= 15 is 0 Å². The molecule has 14 heavy (non-hydrogen) atoms. The summed E-state index contributed by atoms with van der Waals surface area (Å²) >= 11 is 0. The minimum Gasteiger partial charge on any atom is -0.619 e. The van der Waals surface area contributed by atoms with E-state index in [2.05, 4.69) is 0 Å². The van der Waals surface area contributed by atoms with Gasteiger partial charge in [-0.05, 0) is 12.5 Å². The zero-order valence-corrected chi connectivity index (χ0v) is 8.01. The van der Waals surface area contributed by atoms with Gasteiger partial charge in [-0.15, -0.1) is 0 Å². The fourth-order valence-electron chi connectivity index (χ4n) is 1.81. The van der Waals surface area contributed by atoms with Gasteiger partial charge in [0, 0.05) is 25.2 Å². The topological polar surface area (TPSA) is 47.2 Å². The molecule has 1 atom stereocenters. The second-order valence-electron chi connectivity index (χ2n) is 3.60. The third-order valence-electron chi connectivity index (χ3n) is 2.63. The molecule has 4 nitrogen and oxygen atoms in total. The van der Waals surface area contributed by atoms with Crippen LogP contribution < -0.4 is 4.73 Å². The molecule has 2 heterocycles. The van der Waals surface area contributed by atoms with Crippen molar-refractivity contribution in [2.24, 2.45) is 0 Å². The van der Waals surface area contributed by atoms with Gasteiger partial charge in [-0.2, -0.15) is 4.73 Å². The van der Waals surface area contributed by atoms with Gasteiger partial charge in [0.15, 0.2) is 12.4 Å². The van der Waals surface area contributed by atoms with Gasteiger partial charge in [-0.3, -0.25) is 4.79 Å². The average Bonchev–Trinajstić information content (AvgIpc) is 2.48. The summed E-state index contributed by atoms with van der Waals surface area (Å²) in [5.74, 6) is -0.0161. The number of hydrogen-bond acceptors (Lipinski definition) is 2. The molecule has 4 heteroatoms. The summed E-state index contributed by atoms with van der Waals surface area (Å²) in [5.41, 5.74) is 0.817. The third kappa shape index (κ3) is 1.43. The van der Waals surface area contributed by atoms with E-state index in [9.17, 15) is 10.0 Å². The molecule has 1 aliphatic rings. The molecule has 74 valence electrons. The molecule has 1 aromatic heterocycles. The van der Waals surface area contributed by atoms with Crippen molar-refractivity contribution in [3.63, 3.8) is 0 Å². The van der Waals surface area contributed by atoms with E-state index in [0.29, 0.717) is 0 Å². The Bertz CT molecular complexity index is 365. The molecule has 0 unspecified atom stereocenters. The summed E-state index contributed by atoms with van der Waals surface area (Å²) in [6.45, 7) is 0.775. The van der Waals surface area contributed by atoms with Gasteiger partial charge in [0.1, 0.15) is 0 Å². The van der Waals surface area contributed by atoms with Crippen LogP contribution in [0.1, 0.15) is 17.9 Å². The Labute approximate surface area is 82.3 Å². The second kappa shape index (κ2) is 3.29. The van der Waals surface area contributed by atoms with Crippen LogP contribution in [0.3, 0.4) is 0 Å². The maximum atomic E-state index is 11.6. The monoisotopic (exact) mass is 192 g/mol. The fraction of sp³-hybridized carbons (Fsp3) is 0.400. The maximum absolute atomic E-state index is 11.6. The molecule has 2 rings (SSSR count). The summed E-state index contributed by atoms with van der Waals surface area (Å²) in [4.78, 5) is 13.3. The van der Waals surface area contributed by atoms with Crippen LogP contribution in [0, 0.1) is 5.21 Å². The highest BCUT2D eigenvalue weighted by atomic mass is 16.5. The first-order valence-electron chi connectivity index (χ1n) is 4.62. The number of hydrogen-bond donors (Lipinski definition) is 0. The SMILES string of the molecule is CN1CC[C@@H](c2ccc[n+]([O-])c2)C1=O. The first-order chi connectivity index (χ1) is 6.68. The van der Waals surface area contributed by atoms with Crippen molar-refractivity contribution in [3.8, 4) is 0 Å². The minimum atomic E-state index is -0.124. The highest BCUT2D eigenvalue weighted by Crippen LogP contribution is 2.26. The number of pyridine rings is 1. The van der Waals surface area contributed by atoms with Gasteiger partial charge in [-0.25, -0.2) is 0 Å². The number of likely N-dealkylation sites (tertiary alicyclic amines) is 1. The lowest BCUT2D eigenvalue weighted by molar-refractivity contribution is -0.605. The number of nitrogens with zero attached hydrogens (tertiary/aromatic N) is 2. The number of likely N-dealkylation sites (N-methyl/N-ethyl adjacent to an activating group) is 1. The molecule has 0 aromatic carbocycles. The van der Waals surface area contributed by atoms with Gasteiger partial charge in [0.25, 0.3) is 0 Å². The van der Waals surface area contributed by atoms with Gasteiger partial charge >= 0.3 is 0 Å². The highest BCUT2D eigenvalue weighted by molar-refractivity contribution is 5.85. The summed E-state index contributed by atoms with van der Waals surface area (Å²) in [5, 5.41) is 11.0. The molecule has 0 bridgehead atoms. The largest absolute Gasteiger partial charge is 0.619 e. The van der Waals surface area contributed by atoms with Crippen molar-refractivity contribution in [3.05, 3.63) is 35.3 Å². The Kier molecular flexibility index (Phi) is 2.11. The van der Waals surface area contributed by atoms with Gasteiger partial charge in [-0.1, -0.05) is 0 Å². The Hall–Kier alpha value is -1.58.